The molecule has 0 spiro atoms. The molecule has 0 saturated carbocycles. The molecule has 0 aliphatic carbocycles. The molecular formula is C2H8O2. The molecule has 0 saturated heterocycles. The zero-order chi connectivity index (χ0) is 2.00. The molecule has 2 N–H and O–H groups in total. The Balaban J connectivity index is -0.00000000500. The van der Waals surface area contributed by atoms with Crippen molar-refractivity contribution in [3.63, 3.8) is 0 Å². The summed E-state index contributed by atoms with van der Waals surface area (Å²) in [6.07, 6.45) is 0. The number of rotatable bonds is 0. The quantitative estimate of drug-likeness (QED) is 0.379. The van der Waals surface area contributed by atoms with Gasteiger partial charge in [-0.1, -0.05) is 7.43 Å². The van der Waals surface area contributed by atoms with Gasteiger partial charge in [0.15, 0.2) is 0 Å². The van der Waals surface area contributed by atoms with Gasteiger partial charge in [-0.05, 0) is 0 Å². The molecule has 0 rings (SSSR count). The van der Waals surface area contributed by atoms with Crippen LogP contribution in [-0.4, -0.2) is 12.3 Å². The summed E-state index contributed by atoms with van der Waals surface area (Å²) in [5, 5.41) is 0. The fourth-order valence-electron chi connectivity index (χ4n) is 0. The summed E-state index contributed by atoms with van der Waals surface area (Å²) < 4.78 is 0. The fourth-order valence-corrected chi connectivity index (χ4v) is 0. The van der Waals surface area contributed by atoms with Gasteiger partial charge in [-0.15, -0.1) is 0 Å². The smallest absolute Gasteiger partial charge is 0.106 e. The predicted molar refractivity (Wildman–Crippen MR) is 17.5 cm³/mol. The van der Waals surface area contributed by atoms with Crippen molar-refractivity contribution in [1.82, 2.24) is 0 Å². The minimum atomic E-state index is 0. The van der Waals surface area contributed by atoms with Gasteiger partial charge in [0, 0.05) is 0 Å². The Morgan fingerprint density at radius 2 is 1.25 bits per heavy atom. The van der Waals surface area contributed by atoms with Gasteiger partial charge < -0.3 is 10.3 Å². The van der Waals surface area contributed by atoms with Gasteiger partial charge in [0.1, 0.15) is 6.79 Å². The zero-order valence-corrected chi connectivity index (χ0v) is 1.62. The van der Waals surface area contributed by atoms with E-state index in [0.29, 0.717) is 0 Å². The van der Waals surface area contributed by atoms with E-state index in [9.17, 15) is 0 Å². The number of carbonyl (C=O) groups is 1. The van der Waals surface area contributed by atoms with E-state index < -0.39 is 0 Å². The molecule has 0 aliphatic heterocycles. The third-order valence-electron chi connectivity index (χ3n) is 0. The standard InChI is InChI=1S/CH2O.CH4.H2O/c1-2;;/h1H2;1H4;1H2. The van der Waals surface area contributed by atoms with E-state index in [-0.39, 0.29) is 12.9 Å². The first-order chi connectivity index (χ1) is 1.00. The highest BCUT2D eigenvalue weighted by atomic mass is 16.1. The largest absolute Gasteiger partial charge is 0.412 e. The molecule has 28 valence electrons. The zero-order valence-electron chi connectivity index (χ0n) is 1.62. The third-order valence-corrected chi connectivity index (χ3v) is 0. The van der Waals surface area contributed by atoms with Crippen LogP contribution in [0.1, 0.15) is 7.43 Å². The summed E-state index contributed by atoms with van der Waals surface area (Å²) in [7, 11) is 0. The van der Waals surface area contributed by atoms with Crippen molar-refractivity contribution >= 4 is 6.79 Å². The summed E-state index contributed by atoms with van der Waals surface area (Å²) in [5.74, 6) is 0. The maximum atomic E-state index is 8.00. The molecule has 0 aromatic carbocycles. The van der Waals surface area contributed by atoms with Crippen LogP contribution in [0.3, 0.4) is 0 Å². The van der Waals surface area contributed by atoms with Crippen LogP contribution < -0.4 is 0 Å². The van der Waals surface area contributed by atoms with Crippen LogP contribution in [0.25, 0.3) is 0 Å². The molecule has 0 radical (unpaired) electrons. The molecule has 0 unspecified atom stereocenters. The lowest BCUT2D eigenvalue weighted by Gasteiger charge is -0.837. The molecule has 2 nitrogen and oxygen atoms in total. The van der Waals surface area contributed by atoms with Crippen LogP contribution in [0.4, 0.5) is 0 Å². The molecule has 0 aromatic rings. The van der Waals surface area contributed by atoms with Crippen LogP contribution in [0, 0.1) is 0 Å². The Morgan fingerprint density at radius 3 is 1.25 bits per heavy atom. The van der Waals surface area contributed by atoms with Crippen LogP contribution in [-0.2, 0) is 4.79 Å². The number of carbonyl (C=O) groups excluding carboxylic acids is 1. The second-order valence-electron chi connectivity index (χ2n) is 0. The third kappa shape index (κ3) is 4.73. The van der Waals surface area contributed by atoms with Gasteiger partial charge >= 0.3 is 0 Å². The van der Waals surface area contributed by atoms with E-state index in [1.54, 1.807) is 0 Å². The lowest BCUT2D eigenvalue weighted by molar-refractivity contribution is -0.0979. The number of hydrogen-bond donors (Lipinski definition) is 0. The predicted octanol–water partition coefficient (Wildman–Crippen LogP) is -0.374. The van der Waals surface area contributed by atoms with Crippen molar-refractivity contribution in [3.05, 3.63) is 0 Å². The summed E-state index contributed by atoms with van der Waals surface area (Å²) in [6, 6.07) is 0. The Kier molecular flexibility index (Phi) is 807. The normalized spacial score (nSPS) is 1.00. The van der Waals surface area contributed by atoms with Crippen molar-refractivity contribution < 1.29 is 10.3 Å². The van der Waals surface area contributed by atoms with Crippen LogP contribution in [0.15, 0.2) is 0 Å². The van der Waals surface area contributed by atoms with Gasteiger partial charge in [0.25, 0.3) is 0 Å². The van der Waals surface area contributed by atoms with Gasteiger partial charge in [-0.3, -0.25) is 0 Å². The lowest BCUT2D eigenvalue weighted by atomic mass is 11.9. The summed E-state index contributed by atoms with van der Waals surface area (Å²) in [5.41, 5.74) is 0. The van der Waals surface area contributed by atoms with Gasteiger partial charge in [-0.25, -0.2) is 0 Å². The van der Waals surface area contributed by atoms with E-state index in [2.05, 4.69) is 0 Å². The molecule has 0 aromatic heterocycles. The Morgan fingerprint density at radius 1 is 1.25 bits per heavy atom. The Hall–Kier alpha value is -0.370. The van der Waals surface area contributed by atoms with E-state index in [1.807, 2.05) is 6.79 Å². The summed E-state index contributed by atoms with van der Waals surface area (Å²) in [6.45, 7) is 2.00. The van der Waals surface area contributed by atoms with Crippen LogP contribution in [0.2, 0.25) is 0 Å². The van der Waals surface area contributed by atoms with E-state index >= 15 is 0 Å². The van der Waals surface area contributed by atoms with Crippen molar-refractivity contribution in [1.29, 1.82) is 0 Å². The molecule has 0 amide bonds. The van der Waals surface area contributed by atoms with Crippen LogP contribution >= 0.6 is 0 Å². The van der Waals surface area contributed by atoms with E-state index in [0.717, 1.165) is 0 Å². The monoisotopic (exact) mass is 64.1 g/mol. The summed E-state index contributed by atoms with van der Waals surface area (Å²) >= 11 is 0. The SMILES string of the molecule is C.C=O.O. The van der Waals surface area contributed by atoms with Gasteiger partial charge in [0.2, 0.25) is 0 Å². The molecule has 0 fully saturated rings. The maximum Gasteiger partial charge on any atom is 0.106 e. The van der Waals surface area contributed by atoms with Crippen molar-refractivity contribution in [3.8, 4) is 0 Å². The van der Waals surface area contributed by atoms with Crippen LogP contribution in [0.5, 0.6) is 0 Å². The fraction of sp³-hybridized carbons (Fsp3) is 0.500. The van der Waals surface area contributed by atoms with Crippen molar-refractivity contribution in [2.45, 2.75) is 7.43 Å². The minimum absolute atomic E-state index is 0. The Labute approximate surface area is 25.8 Å². The van der Waals surface area contributed by atoms with Gasteiger partial charge in [-0.2, -0.15) is 0 Å². The average Bonchev–Trinajstić information content (AvgIpc) is 1.00. The molecule has 4 heavy (non-hydrogen) atoms. The second kappa shape index (κ2) is 51.0. The summed E-state index contributed by atoms with van der Waals surface area (Å²) in [4.78, 5) is 8.00. The molecule has 0 aliphatic rings. The first-order valence-corrected chi connectivity index (χ1v) is 0.289. The van der Waals surface area contributed by atoms with Crippen molar-refractivity contribution in [2.24, 2.45) is 0 Å². The first kappa shape index (κ1) is 63.3. The van der Waals surface area contributed by atoms with Crippen molar-refractivity contribution in [2.75, 3.05) is 0 Å². The lowest BCUT2D eigenvalue weighted by Crippen LogP contribution is -0.925. The average molecular weight is 64.1 g/mol. The highest BCUT2D eigenvalue weighted by Crippen LogP contribution is 0.494. The molecular weight excluding hydrogens is 56.0 g/mol. The highest BCUT2D eigenvalue weighted by Gasteiger charge is 0.636. The second-order valence-corrected chi connectivity index (χ2v) is 0. The molecule has 0 bridgehead atoms. The molecule has 2 heteroatoms. The minimum Gasteiger partial charge on any atom is -0.412 e. The van der Waals surface area contributed by atoms with Gasteiger partial charge in [0.05, 0.1) is 0 Å². The topological polar surface area (TPSA) is 48.6 Å². The maximum absolute atomic E-state index is 8.00. The molecule has 0 heterocycles. The first-order valence-electron chi connectivity index (χ1n) is 0.289. The Bertz CT molecular complexity index is 4.00. The highest BCUT2D eigenvalue weighted by molar-refractivity contribution is 5.10. The van der Waals surface area contributed by atoms with E-state index in [4.69, 9.17) is 4.79 Å². The van der Waals surface area contributed by atoms with E-state index in [1.165, 1.54) is 0 Å². The molecule has 0 atom stereocenters. The number of hydrogen-bond acceptors (Lipinski definition) is 1.